The number of benzene rings is 1. The van der Waals surface area contributed by atoms with E-state index in [1.54, 1.807) is 0 Å². The Morgan fingerprint density at radius 1 is 1.19 bits per heavy atom. The van der Waals surface area contributed by atoms with Gasteiger partial charge in [0.2, 0.25) is 11.1 Å². The fourth-order valence-corrected chi connectivity index (χ4v) is 3.80. The summed E-state index contributed by atoms with van der Waals surface area (Å²) in [5.74, 6) is 7.98. The molecule has 0 spiro atoms. The number of hydrogen-bond donors (Lipinski definition) is 1. The topological polar surface area (TPSA) is 77.0 Å². The average molecular weight is 440 g/mol. The molecule has 0 aliphatic heterocycles. The molecule has 0 fully saturated rings. The molecule has 0 unspecified atom stereocenters. The van der Waals surface area contributed by atoms with Crippen LogP contribution in [0.2, 0.25) is 0 Å². The van der Waals surface area contributed by atoms with Crippen molar-refractivity contribution in [2.75, 3.05) is 24.7 Å². The number of carbonyl (C=O) groups excluding carboxylic acids is 1. The largest absolute Gasteiger partial charge is 0.341 e. The highest BCUT2D eigenvalue weighted by atomic mass is 79.9. The summed E-state index contributed by atoms with van der Waals surface area (Å²) in [4.78, 5) is 14.6. The van der Waals surface area contributed by atoms with Gasteiger partial charge in [0.25, 0.3) is 0 Å². The molecular formula is C18H26BrN5OS. The van der Waals surface area contributed by atoms with Crippen molar-refractivity contribution >= 4 is 33.6 Å². The molecule has 0 radical (unpaired) electrons. The van der Waals surface area contributed by atoms with Gasteiger partial charge in [0.05, 0.1) is 5.75 Å². The summed E-state index contributed by atoms with van der Waals surface area (Å²) in [6.07, 6.45) is 0. The molecule has 1 heterocycles. The summed E-state index contributed by atoms with van der Waals surface area (Å²) >= 11 is 4.82. The monoisotopic (exact) mass is 439 g/mol. The Morgan fingerprint density at radius 2 is 1.81 bits per heavy atom. The molecule has 0 aliphatic carbocycles. The summed E-state index contributed by atoms with van der Waals surface area (Å²) in [5.41, 5.74) is 0.863. The second-order valence-electron chi connectivity index (χ2n) is 7.03. The highest BCUT2D eigenvalue weighted by Gasteiger charge is 2.19. The van der Waals surface area contributed by atoms with Crippen molar-refractivity contribution in [3.05, 3.63) is 28.7 Å². The molecule has 26 heavy (non-hydrogen) atoms. The maximum absolute atomic E-state index is 12.6. The van der Waals surface area contributed by atoms with Gasteiger partial charge in [-0.05, 0) is 24.0 Å². The fraction of sp³-hybridized carbons (Fsp3) is 0.500. The SMILES string of the molecule is CC(C)CN(CC(C)C)C(=O)CSc1nnc(-c2ccccc2Br)n1N. The number of nitrogen functional groups attached to an aromatic ring is 1. The van der Waals surface area contributed by atoms with Gasteiger partial charge in [0, 0.05) is 23.1 Å². The van der Waals surface area contributed by atoms with Gasteiger partial charge in [-0.1, -0.05) is 67.5 Å². The maximum atomic E-state index is 12.6. The zero-order valence-corrected chi connectivity index (χ0v) is 18.0. The van der Waals surface area contributed by atoms with Crippen molar-refractivity contribution in [2.24, 2.45) is 11.8 Å². The Hall–Kier alpha value is -1.54. The number of halogens is 1. The van der Waals surface area contributed by atoms with Gasteiger partial charge in [-0.2, -0.15) is 0 Å². The lowest BCUT2D eigenvalue weighted by Crippen LogP contribution is -2.38. The van der Waals surface area contributed by atoms with Gasteiger partial charge < -0.3 is 10.7 Å². The predicted molar refractivity (Wildman–Crippen MR) is 110 cm³/mol. The molecule has 0 bridgehead atoms. The lowest BCUT2D eigenvalue weighted by atomic mass is 10.1. The van der Waals surface area contributed by atoms with E-state index in [9.17, 15) is 4.79 Å². The van der Waals surface area contributed by atoms with E-state index in [0.29, 0.717) is 28.6 Å². The quantitative estimate of drug-likeness (QED) is 0.501. The van der Waals surface area contributed by atoms with Crippen LogP contribution in [0.4, 0.5) is 0 Å². The summed E-state index contributed by atoms with van der Waals surface area (Å²) < 4.78 is 2.33. The second kappa shape index (κ2) is 9.41. The van der Waals surface area contributed by atoms with Crippen LogP contribution in [0.15, 0.2) is 33.9 Å². The summed E-state index contributed by atoms with van der Waals surface area (Å²) in [6, 6.07) is 7.69. The minimum atomic E-state index is 0.0999. The Labute approximate surface area is 167 Å². The summed E-state index contributed by atoms with van der Waals surface area (Å²) in [7, 11) is 0. The molecule has 2 N–H and O–H groups in total. The van der Waals surface area contributed by atoms with Gasteiger partial charge in [-0.3, -0.25) is 4.79 Å². The summed E-state index contributed by atoms with van der Waals surface area (Å²) in [6.45, 7) is 10.00. The van der Waals surface area contributed by atoms with Gasteiger partial charge >= 0.3 is 0 Å². The number of thioether (sulfide) groups is 1. The van der Waals surface area contributed by atoms with Crippen molar-refractivity contribution < 1.29 is 4.79 Å². The first-order valence-electron chi connectivity index (χ1n) is 8.65. The summed E-state index contributed by atoms with van der Waals surface area (Å²) in [5, 5.41) is 8.85. The number of aromatic nitrogens is 3. The smallest absolute Gasteiger partial charge is 0.233 e. The first-order valence-corrected chi connectivity index (χ1v) is 10.4. The molecule has 0 saturated carbocycles. The third-order valence-electron chi connectivity index (χ3n) is 3.63. The van der Waals surface area contributed by atoms with Crippen LogP contribution in [0, 0.1) is 11.8 Å². The van der Waals surface area contributed by atoms with Crippen LogP contribution in [-0.2, 0) is 4.79 Å². The number of amides is 1. The van der Waals surface area contributed by atoms with E-state index in [4.69, 9.17) is 5.84 Å². The van der Waals surface area contributed by atoms with Crippen LogP contribution in [0.3, 0.4) is 0 Å². The lowest BCUT2D eigenvalue weighted by molar-refractivity contribution is -0.129. The molecule has 1 aromatic carbocycles. The molecule has 1 amide bonds. The first kappa shape index (κ1) is 20.8. The number of rotatable bonds is 8. The van der Waals surface area contributed by atoms with Gasteiger partial charge in [0.15, 0.2) is 5.82 Å². The van der Waals surface area contributed by atoms with E-state index in [2.05, 4.69) is 53.8 Å². The van der Waals surface area contributed by atoms with E-state index in [1.165, 1.54) is 16.4 Å². The molecule has 6 nitrogen and oxygen atoms in total. The number of nitrogens with zero attached hydrogens (tertiary/aromatic N) is 4. The minimum Gasteiger partial charge on any atom is -0.341 e. The molecule has 0 atom stereocenters. The second-order valence-corrected chi connectivity index (χ2v) is 8.83. The van der Waals surface area contributed by atoms with Gasteiger partial charge in [-0.15, -0.1) is 10.2 Å². The third-order valence-corrected chi connectivity index (χ3v) is 5.25. The highest BCUT2D eigenvalue weighted by molar-refractivity contribution is 9.10. The van der Waals surface area contributed by atoms with E-state index < -0.39 is 0 Å². The molecule has 8 heteroatoms. The Balaban J connectivity index is 2.07. The van der Waals surface area contributed by atoms with Crippen LogP contribution in [0.5, 0.6) is 0 Å². The van der Waals surface area contributed by atoms with E-state index in [0.717, 1.165) is 23.1 Å². The Bertz CT molecular complexity index is 737. The van der Waals surface area contributed by atoms with E-state index in [-0.39, 0.29) is 5.91 Å². The van der Waals surface area contributed by atoms with Crippen molar-refractivity contribution in [1.29, 1.82) is 0 Å². The van der Waals surface area contributed by atoms with Crippen molar-refractivity contribution in [3.63, 3.8) is 0 Å². The number of carbonyl (C=O) groups is 1. The maximum Gasteiger partial charge on any atom is 0.233 e. The van der Waals surface area contributed by atoms with E-state index >= 15 is 0 Å². The molecule has 2 aromatic rings. The van der Waals surface area contributed by atoms with Crippen LogP contribution < -0.4 is 5.84 Å². The zero-order valence-electron chi connectivity index (χ0n) is 15.6. The molecule has 142 valence electrons. The van der Waals surface area contributed by atoms with Crippen LogP contribution >= 0.6 is 27.7 Å². The van der Waals surface area contributed by atoms with Crippen molar-refractivity contribution in [3.8, 4) is 11.4 Å². The molecular weight excluding hydrogens is 414 g/mol. The minimum absolute atomic E-state index is 0.0999. The fourth-order valence-electron chi connectivity index (χ4n) is 2.58. The van der Waals surface area contributed by atoms with Gasteiger partial charge in [0.1, 0.15) is 0 Å². The average Bonchev–Trinajstić information content (AvgIpc) is 2.92. The normalized spacial score (nSPS) is 11.3. The van der Waals surface area contributed by atoms with Crippen LogP contribution in [0.1, 0.15) is 27.7 Å². The standard InChI is InChI=1S/C18H26BrN5OS/c1-12(2)9-23(10-13(3)4)16(25)11-26-18-22-21-17(24(18)20)14-7-5-6-8-15(14)19/h5-8,12-13H,9-11,20H2,1-4H3. The van der Waals surface area contributed by atoms with Crippen molar-refractivity contribution in [2.45, 2.75) is 32.9 Å². The Kier molecular flexibility index (Phi) is 7.52. The number of hydrogen-bond acceptors (Lipinski definition) is 5. The molecule has 0 saturated heterocycles. The first-order chi connectivity index (χ1) is 12.3. The molecule has 1 aromatic heterocycles. The third kappa shape index (κ3) is 5.48. The van der Waals surface area contributed by atoms with Crippen molar-refractivity contribution in [1.82, 2.24) is 19.8 Å². The molecule has 0 aliphatic rings. The van der Waals surface area contributed by atoms with Crippen LogP contribution in [-0.4, -0.2) is 44.5 Å². The lowest BCUT2D eigenvalue weighted by Gasteiger charge is -2.26. The van der Waals surface area contributed by atoms with E-state index in [1.807, 2.05) is 29.2 Å². The van der Waals surface area contributed by atoms with Gasteiger partial charge in [-0.25, -0.2) is 4.68 Å². The predicted octanol–water partition coefficient (Wildman–Crippen LogP) is 3.65. The van der Waals surface area contributed by atoms with Crippen LogP contribution in [0.25, 0.3) is 11.4 Å². The Morgan fingerprint density at radius 3 is 2.38 bits per heavy atom. The zero-order chi connectivity index (χ0) is 19.3. The highest BCUT2D eigenvalue weighted by Crippen LogP contribution is 2.28. The number of nitrogens with two attached hydrogens (primary N) is 1. The molecule has 2 rings (SSSR count).